The number of hydrogen-bond donors (Lipinski definition) is 1. The number of para-hydroxylation sites is 1. The molecule has 0 aliphatic heterocycles. The molecule has 4 heteroatoms. The van der Waals surface area contributed by atoms with E-state index in [-0.39, 0.29) is 5.91 Å². The molecule has 2 aromatic carbocycles. The van der Waals surface area contributed by atoms with Crippen LogP contribution in [0.25, 0.3) is 0 Å². The van der Waals surface area contributed by atoms with Crippen LogP contribution in [0.5, 0.6) is 5.75 Å². The van der Waals surface area contributed by atoms with Gasteiger partial charge in [0.15, 0.2) is 6.10 Å². The summed E-state index contributed by atoms with van der Waals surface area (Å²) in [4.78, 5) is 12.4. The van der Waals surface area contributed by atoms with Gasteiger partial charge in [-0.05, 0) is 55.7 Å². The first-order valence-electron chi connectivity index (χ1n) is 7.33. The number of hydrogen-bond acceptors (Lipinski definition) is 2. The molecule has 1 amide bonds. The van der Waals surface area contributed by atoms with Gasteiger partial charge in [-0.3, -0.25) is 4.79 Å². The minimum Gasteiger partial charge on any atom is -0.481 e. The van der Waals surface area contributed by atoms with Crippen molar-refractivity contribution in [3.8, 4) is 5.75 Å². The van der Waals surface area contributed by atoms with Crippen LogP contribution in [-0.2, 0) is 11.2 Å². The Morgan fingerprint density at radius 1 is 1.23 bits per heavy atom. The highest BCUT2D eigenvalue weighted by atomic mass is 79.9. The number of aryl methyl sites for hydroxylation is 2. The van der Waals surface area contributed by atoms with Crippen molar-refractivity contribution in [1.82, 2.24) is 0 Å². The van der Waals surface area contributed by atoms with Crippen molar-refractivity contribution < 1.29 is 9.53 Å². The maximum Gasteiger partial charge on any atom is 0.265 e. The highest BCUT2D eigenvalue weighted by molar-refractivity contribution is 9.10. The van der Waals surface area contributed by atoms with Gasteiger partial charge in [0.2, 0.25) is 0 Å². The molecule has 22 heavy (non-hydrogen) atoms. The molecule has 116 valence electrons. The van der Waals surface area contributed by atoms with Crippen molar-refractivity contribution >= 4 is 27.5 Å². The fraction of sp³-hybridized carbons (Fsp3) is 0.278. The third-order valence-electron chi connectivity index (χ3n) is 3.48. The van der Waals surface area contributed by atoms with Gasteiger partial charge < -0.3 is 10.1 Å². The molecule has 0 heterocycles. The second-order valence-electron chi connectivity index (χ2n) is 5.17. The topological polar surface area (TPSA) is 38.3 Å². The summed E-state index contributed by atoms with van der Waals surface area (Å²) in [6.45, 7) is 5.82. The number of anilines is 1. The number of ether oxygens (including phenoxy) is 1. The second-order valence-corrected chi connectivity index (χ2v) is 6.08. The van der Waals surface area contributed by atoms with Crippen LogP contribution in [-0.4, -0.2) is 12.0 Å². The van der Waals surface area contributed by atoms with E-state index in [0.717, 1.165) is 27.7 Å². The molecule has 0 aliphatic rings. The van der Waals surface area contributed by atoms with Crippen LogP contribution >= 0.6 is 15.9 Å². The van der Waals surface area contributed by atoms with Crippen LogP contribution in [0, 0.1) is 6.92 Å². The molecular weight excluding hydrogens is 342 g/mol. The molecule has 0 bridgehead atoms. The number of rotatable bonds is 5. The van der Waals surface area contributed by atoms with E-state index in [1.54, 1.807) is 6.92 Å². The first-order valence-corrected chi connectivity index (χ1v) is 8.12. The van der Waals surface area contributed by atoms with Gasteiger partial charge in [-0.15, -0.1) is 0 Å². The molecule has 0 spiro atoms. The molecule has 0 fully saturated rings. The number of halogens is 1. The van der Waals surface area contributed by atoms with Gasteiger partial charge in [-0.1, -0.05) is 41.1 Å². The van der Waals surface area contributed by atoms with Crippen molar-refractivity contribution in [2.45, 2.75) is 33.3 Å². The van der Waals surface area contributed by atoms with Gasteiger partial charge in [0.05, 0.1) is 0 Å². The lowest BCUT2D eigenvalue weighted by atomic mass is 10.1. The smallest absolute Gasteiger partial charge is 0.265 e. The van der Waals surface area contributed by atoms with Crippen molar-refractivity contribution in [3.63, 3.8) is 0 Å². The summed E-state index contributed by atoms with van der Waals surface area (Å²) in [5, 5.41) is 2.99. The Labute approximate surface area is 139 Å². The van der Waals surface area contributed by atoms with E-state index in [0.29, 0.717) is 5.75 Å². The Kier molecular flexibility index (Phi) is 5.61. The highest BCUT2D eigenvalue weighted by Crippen LogP contribution is 2.22. The van der Waals surface area contributed by atoms with E-state index in [2.05, 4.69) is 28.2 Å². The summed E-state index contributed by atoms with van der Waals surface area (Å²) in [6, 6.07) is 13.5. The van der Waals surface area contributed by atoms with Gasteiger partial charge in [0, 0.05) is 10.2 Å². The van der Waals surface area contributed by atoms with Gasteiger partial charge in [-0.2, -0.15) is 0 Å². The molecule has 0 unspecified atom stereocenters. The van der Waals surface area contributed by atoms with Crippen molar-refractivity contribution in [2.24, 2.45) is 0 Å². The third-order valence-corrected chi connectivity index (χ3v) is 4.01. The van der Waals surface area contributed by atoms with Crippen LogP contribution in [0.3, 0.4) is 0 Å². The summed E-state index contributed by atoms with van der Waals surface area (Å²) in [5.74, 6) is 0.526. The molecule has 2 aromatic rings. The monoisotopic (exact) mass is 361 g/mol. The quantitative estimate of drug-likeness (QED) is 0.835. The average molecular weight is 362 g/mol. The van der Waals surface area contributed by atoms with E-state index in [1.807, 2.05) is 49.4 Å². The molecule has 0 radical (unpaired) electrons. The van der Waals surface area contributed by atoms with Gasteiger partial charge in [0.25, 0.3) is 5.91 Å². The van der Waals surface area contributed by atoms with Crippen LogP contribution in [0.15, 0.2) is 46.9 Å². The Hall–Kier alpha value is -1.81. The zero-order chi connectivity index (χ0) is 16.1. The molecular formula is C18H20BrNO2. The molecule has 1 N–H and O–H groups in total. The van der Waals surface area contributed by atoms with Crippen LogP contribution in [0.4, 0.5) is 5.69 Å². The Morgan fingerprint density at radius 2 is 1.91 bits per heavy atom. The number of carbonyl (C=O) groups is 1. The lowest BCUT2D eigenvalue weighted by Gasteiger charge is -2.17. The van der Waals surface area contributed by atoms with Crippen molar-refractivity contribution in [1.29, 1.82) is 0 Å². The largest absolute Gasteiger partial charge is 0.481 e. The lowest BCUT2D eigenvalue weighted by Crippen LogP contribution is -2.30. The third kappa shape index (κ3) is 4.10. The fourth-order valence-corrected chi connectivity index (χ4v) is 2.46. The summed E-state index contributed by atoms with van der Waals surface area (Å²) in [5.41, 5.74) is 3.08. The normalized spacial score (nSPS) is 11.8. The Bertz CT molecular complexity index is 653. The van der Waals surface area contributed by atoms with E-state index in [1.165, 1.54) is 0 Å². The van der Waals surface area contributed by atoms with Gasteiger partial charge in [0.1, 0.15) is 5.75 Å². The average Bonchev–Trinajstić information content (AvgIpc) is 2.51. The van der Waals surface area contributed by atoms with E-state index < -0.39 is 6.10 Å². The molecule has 0 saturated heterocycles. The fourth-order valence-electron chi connectivity index (χ4n) is 2.20. The number of amides is 1. The van der Waals surface area contributed by atoms with Gasteiger partial charge in [-0.25, -0.2) is 0 Å². The first-order chi connectivity index (χ1) is 10.5. The van der Waals surface area contributed by atoms with Crippen molar-refractivity contribution in [3.05, 3.63) is 58.1 Å². The molecule has 1 atom stereocenters. The van der Waals surface area contributed by atoms with Crippen LogP contribution in [0.2, 0.25) is 0 Å². The first kappa shape index (κ1) is 16.6. The molecule has 3 nitrogen and oxygen atoms in total. The number of benzene rings is 2. The molecule has 0 aromatic heterocycles. The standard InChI is InChI=1S/C18H20BrNO2/c1-4-14-7-5-6-12(2)17(14)20-18(21)13(3)22-16-10-8-15(19)9-11-16/h5-11,13H,4H2,1-3H3,(H,20,21)/t13-/m0/s1. The summed E-state index contributed by atoms with van der Waals surface area (Å²) >= 11 is 3.37. The number of carbonyl (C=O) groups excluding carboxylic acids is 1. The molecule has 0 aliphatic carbocycles. The predicted molar refractivity (Wildman–Crippen MR) is 93.4 cm³/mol. The highest BCUT2D eigenvalue weighted by Gasteiger charge is 2.17. The summed E-state index contributed by atoms with van der Waals surface area (Å²) in [7, 11) is 0. The lowest BCUT2D eigenvalue weighted by molar-refractivity contribution is -0.122. The van der Waals surface area contributed by atoms with E-state index >= 15 is 0 Å². The maximum atomic E-state index is 12.4. The Morgan fingerprint density at radius 3 is 2.55 bits per heavy atom. The second kappa shape index (κ2) is 7.45. The molecule has 2 rings (SSSR count). The minimum absolute atomic E-state index is 0.146. The number of nitrogens with one attached hydrogen (secondary N) is 1. The zero-order valence-electron chi connectivity index (χ0n) is 13.0. The van der Waals surface area contributed by atoms with Gasteiger partial charge >= 0.3 is 0 Å². The zero-order valence-corrected chi connectivity index (χ0v) is 14.6. The predicted octanol–water partition coefficient (Wildman–Crippen LogP) is 4.73. The maximum absolute atomic E-state index is 12.4. The van der Waals surface area contributed by atoms with E-state index in [4.69, 9.17) is 4.74 Å². The molecule has 0 saturated carbocycles. The van der Waals surface area contributed by atoms with Crippen LogP contribution < -0.4 is 10.1 Å². The van der Waals surface area contributed by atoms with E-state index in [9.17, 15) is 4.79 Å². The van der Waals surface area contributed by atoms with Crippen molar-refractivity contribution in [2.75, 3.05) is 5.32 Å². The van der Waals surface area contributed by atoms with Crippen LogP contribution in [0.1, 0.15) is 25.0 Å². The SMILES string of the molecule is CCc1cccc(C)c1NC(=O)[C@H](C)Oc1ccc(Br)cc1. The minimum atomic E-state index is -0.564. The summed E-state index contributed by atoms with van der Waals surface area (Å²) < 4.78 is 6.66. The Balaban J connectivity index is 2.07. The summed E-state index contributed by atoms with van der Waals surface area (Å²) in [6.07, 6.45) is 0.310.